The Morgan fingerprint density at radius 1 is 0.700 bits per heavy atom. The molecule has 1 fully saturated rings. The number of carbonyl (C=O) groups is 4. The lowest BCUT2D eigenvalue weighted by atomic mass is 10.0. The van der Waals surface area contributed by atoms with Crippen molar-refractivity contribution in [3.63, 3.8) is 0 Å². The average molecular weight is 543 g/mol. The fourth-order valence-electron chi connectivity index (χ4n) is 4.47. The number of ether oxygens (including phenoxy) is 5. The molecule has 2 aliphatic heterocycles. The first-order chi connectivity index (χ1) is 19.5. The van der Waals surface area contributed by atoms with Crippen molar-refractivity contribution >= 4 is 23.7 Å². The normalized spacial score (nSPS) is 23.8. The van der Waals surface area contributed by atoms with Crippen LogP contribution in [0.25, 0.3) is 0 Å². The van der Waals surface area contributed by atoms with Gasteiger partial charge >= 0.3 is 17.9 Å². The van der Waals surface area contributed by atoms with E-state index >= 15 is 0 Å². The van der Waals surface area contributed by atoms with E-state index in [4.69, 9.17) is 23.7 Å². The zero-order valence-corrected chi connectivity index (χ0v) is 21.3. The van der Waals surface area contributed by atoms with E-state index in [1.807, 2.05) is 0 Å². The standard InChI is InChI=1S/C31H26O9/c32-23-16-17-24(36-18-23)26-28(40-31(35)22-14-8-3-9-15-22)27(39-30(34)21-12-6-2-7-13-21)25(38-26)19-37-29(33)20-10-4-1-5-11-20/h1-17,24-28H,18-19H2/t24?,25-,26+,27-,28+/m1/s1. The molecule has 0 N–H and O–H groups in total. The van der Waals surface area contributed by atoms with Crippen LogP contribution in [0.15, 0.2) is 103 Å². The zero-order valence-electron chi connectivity index (χ0n) is 21.3. The third kappa shape index (κ3) is 6.33. The minimum atomic E-state index is -1.16. The van der Waals surface area contributed by atoms with Gasteiger partial charge in [-0.2, -0.15) is 0 Å². The van der Waals surface area contributed by atoms with Gasteiger partial charge < -0.3 is 23.7 Å². The molecule has 0 spiro atoms. The summed E-state index contributed by atoms with van der Waals surface area (Å²) in [6, 6.07) is 25.0. The monoisotopic (exact) mass is 542 g/mol. The van der Waals surface area contributed by atoms with Crippen LogP contribution in [-0.4, -0.2) is 67.4 Å². The fourth-order valence-corrected chi connectivity index (χ4v) is 4.47. The van der Waals surface area contributed by atoms with E-state index < -0.39 is 48.4 Å². The van der Waals surface area contributed by atoms with Crippen LogP contribution in [0.4, 0.5) is 0 Å². The second-order valence-electron chi connectivity index (χ2n) is 9.18. The summed E-state index contributed by atoms with van der Waals surface area (Å²) in [5.41, 5.74) is 0.890. The second-order valence-corrected chi connectivity index (χ2v) is 9.18. The molecule has 2 heterocycles. The van der Waals surface area contributed by atoms with Crippen LogP contribution >= 0.6 is 0 Å². The highest BCUT2D eigenvalue weighted by Gasteiger charge is 2.53. The van der Waals surface area contributed by atoms with Crippen LogP contribution in [0, 0.1) is 0 Å². The number of benzene rings is 3. The molecule has 40 heavy (non-hydrogen) atoms. The first kappa shape index (κ1) is 27.0. The lowest BCUT2D eigenvalue weighted by Crippen LogP contribution is -2.45. The highest BCUT2D eigenvalue weighted by Crippen LogP contribution is 2.33. The Labute approximate surface area is 230 Å². The molecule has 204 valence electrons. The van der Waals surface area contributed by atoms with E-state index in [0.29, 0.717) is 5.56 Å². The Morgan fingerprint density at radius 2 is 1.20 bits per heavy atom. The maximum absolute atomic E-state index is 13.1. The molecule has 1 saturated heterocycles. The Morgan fingerprint density at radius 3 is 1.70 bits per heavy atom. The predicted octanol–water partition coefficient (Wildman–Crippen LogP) is 3.59. The van der Waals surface area contributed by atoms with Crippen molar-refractivity contribution in [2.24, 2.45) is 0 Å². The van der Waals surface area contributed by atoms with Crippen molar-refractivity contribution in [3.05, 3.63) is 120 Å². The molecule has 0 radical (unpaired) electrons. The van der Waals surface area contributed by atoms with Crippen molar-refractivity contribution in [1.29, 1.82) is 0 Å². The summed E-state index contributed by atoms with van der Waals surface area (Å²) in [6.45, 7) is -0.492. The van der Waals surface area contributed by atoms with Crippen molar-refractivity contribution in [2.75, 3.05) is 13.2 Å². The van der Waals surface area contributed by atoms with E-state index in [1.54, 1.807) is 91.0 Å². The van der Waals surface area contributed by atoms with Crippen LogP contribution in [-0.2, 0) is 28.5 Å². The molecule has 9 nitrogen and oxygen atoms in total. The highest BCUT2D eigenvalue weighted by molar-refractivity contribution is 5.92. The summed E-state index contributed by atoms with van der Waals surface area (Å²) in [5.74, 6) is -2.17. The average Bonchev–Trinajstić information content (AvgIpc) is 3.33. The van der Waals surface area contributed by atoms with Crippen molar-refractivity contribution in [2.45, 2.75) is 30.5 Å². The van der Waals surface area contributed by atoms with Crippen LogP contribution < -0.4 is 0 Å². The maximum Gasteiger partial charge on any atom is 0.338 e. The van der Waals surface area contributed by atoms with Crippen molar-refractivity contribution in [1.82, 2.24) is 0 Å². The third-order valence-electron chi connectivity index (χ3n) is 6.45. The van der Waals surface area contributed by atoms with Gasteiger partial charge in [0, 0.05) is 0 Å². The minimum absolute atomic E-state index is 0.192. The summed E-state index contributed by atoms with van der Waals surface area (Å²) in [4.78, 5) is 50.7. The first-order valence-corrected chi connectivity index (χ1v) is 12.7. The largest absolute Gasteiger partial charge is 0.459 e. The van der Waals surface area contributed by atoms with E-state index in [0.717, 1.165) is 0 Å². The molecule has 0 amide bonds. The summed E-state index contributed by atoms with van der Waals surface area (Å²) in [7, 11) is 0. The van der Waals surface area contributed by atoms with E-state index in [1.165, 1.54) is 12.2 Å². The first-order valence-electron chi connectivity index (χ1n) is 12.7. The van der Waals surface area contributed by atoms with Gasteiger partial charge in [0.2, 0.25) is 0 Å². The number of ketones is 1. The SMILES string of the molecule is O=C1C=CC([C@@H]2O[C@H](COC(=O)c3ccccc3)[C@@H](OC(=O)c3ccccc3)[C@H]2OC(=O)c2ccccc2)OC1. The lowest BCUT2D eigenvalue weighted by Gasteiger charge is -2.28. The lowest BCUT2D eigenvalue weighted by molar-refractivity contribution is -0.129. The van der Waals surface area contributed by atoms with Crippen molar-refractivity contribution in [3.8, 4) is 0 Å². The van der Waals surface area contributed by atoms with Gasteiger partial charge in [-0.3, -0.25) is 4.79 Å². The van der Waals surface area contributed by atoms with E-state index in [9.17, 15) is 19.2 Å². The molecule has 0 bridgehead atoms. The van der Waals surface area contributed by atoms with Gasteiger partial charge in [0.05, 0.1) is 16.7 Å². The number of hydrogen-bond acceptors (Lipinski definition) is 9. The molecule has 2 aliphatic rings. The fraction of sp³-hybridized carbons (Fsp3) is 0.226. The second kappa shape index (κ2) is 12.5. The van der Waals surface area contributed by atoms with E-state index in [2.05, 4.69) is 0 Å². The molecule has 5 rings (SSSR count). The molecular weight excluding hydrogens is 516 g/mol. The van der Waals surface area contributed by atoms with E-state index in [-0.39, 0.29) is 30.1 Å². The Bertz CT molecular complexity index is 1370. The summed E-state index contributed by atoms with van der Waals surface area (Å²) in [6.07, 6.45) is -2.21. The molecule has 5 atom stereocenters. The molecule has 0 aliphatic carbocycles. The van der Waals surface area contributed by atoms with Gasteiger partial charge in [-0.15, -0.1) is 0 Å². The quantitative estimate of drug-likeness (QED) is 0.311. The third-order valence-corrected chi connectivity index (χ3v) is 6.45. The molecule has 3 aromatic rings. The Balaban J connectivity index is 1.44. The molecule has 0 aromatic heterocycles. The summed E-state index contributed by atoms with van der Waals surface area (Å²) < 4.78 is 29.1. The molecule has 9 heteroatoms. The number of hydrogen-bond donors (Lipinski definition) is 0. The zero-order chi connectivity index (χ0) is 27.9. The van der Waals surface area contributed by atoms with Gasteiger partial charge in [0.1, 0.15) is 31.5 Å². The summed E-state index contributed by atoms with van der Waals surface area (Å²) >= 11 is 0. The number of esters is 3. The van der Waals surface area contributed by atoms with Gasteiger partial charge in [0.25, 0.3) is 0 Å². The summed E-state index contributed by atoms with van der Waals surface area (Å²) in [5, 5.41) is 0. The van der Waals surface area contributed by atoms with Gasteiger partial charge in [0.15, 0.2) is 18.0 Å². The van der Waals surface area contributed by atoms with Gasteiger partial charge in [-0.25, -0.2) is 14.4 Å². The van der Waals surface area contributed by atoms with Gasteiger partial charge in [-0.05, 0) is 48.6 Å². The number of carbonyl (C=O) groups excluding carboxylic acids is 4. The topological polar surface area (TPSA) is 114 Å². The van der Waals surface area contributed by atoms with Gasteiger partial charge in [-0.1, -0.05) is 54.6 Å². The smallest absolute Gasteiger partial charge is 0.338 e. The maximum atomic E-state index is 13.1. The molecule has 0 saturated carbocycles. The number of rotatable bonds is 8. The molecular formula is C31H26O9. The van der Waals surface area contributed by atoms with Crippen molar-refractivity contribution < 1.29 is 42.9 Å². The van der Waals surface area contributed by atoms with Crippen LogP contribution in [0.3, 0.4) is 0 Å². The van der Waals surface area contributed by atoms with Crippen LogP contribution in [0.5, 0.6) is 0 Å². The Hall–Kier alpha value is -4.60. The highest BCUT2D eigenvalue weighted by atomic mass is 16.7. The molecule has 3 aromatic carbocycles. The van der Waals surface area contributed by atoms with Crippen LogP contribution in [0.2, 0.25) is 0 Å². The molecule has 1 unspecified atom stereocenters. The Kier molecular flexibility index (Phi) is 8.44. The minimum Gasteiger partial charge on any atom is -0.459 e. The predicted molar refractivity (Wildman–Crippen MR) is 141 cm³/mol. The van der Waals surface area contributed by atoms with Crippen LogP contribution in [0.1, 0.15) is 31.1 Å².